The van der Waals surface area contributed by atoms with Gasteiger partial charge in [-0.3, -0.25) is 0 Å². The molecule has 0 fully saturated rings. The van der Waals surface area contributed by atoms with Gasteiger partial charge in [-0.2, -0.15) is 0 Å². The van der Waals surface area contributed by atoms with Crippen LogP contribution < -0.4 is 4.74 Å². The fourth-order valence-electron chi connectivity index (χ4n) is 3.34. The molecule has 1 aromatic rings. The van der Waals surface area contributed by atoms with E-state index < -0.39 is 14.4 Å². The van der Waals surface area contributed by atoms with Crippen molar-refractivity contribution in [1.29, 1.82) is 0 Å². The SMILES string of the molecule is C=C[C@H](O)[C@H](O[Si](CC)(CC)CC)[C@@H](CCC)OCc1ccc(OC)cc1. The highest BCUT2D eigenvalue weighted by atomic mass is 28.4. The second-order valence-electron chi connectivity index (χ2n) is 7.04. The van der Waals surface area contributed by atoms with Crippen molar-refractivity contribution in [3.8, 4) is 5.75 Å². The van der Waals surface area contributed by atoms with Gasteiger partial charge in [-0.15, -0.1) is 6.58 Å². The van der Waals surface area contributed by atoms with E-state index in [0.29, 0.717) is 6.61 Å². The van der Waals surface area contributed by atoms with Crippen molar-refractivity contribution in [2.45, 2.75) is 83.6 Å². The molecule has 1 aromatic carbocycles. The lowest BCUT2D eigenvalue weighted by Gasteiger charge is -2.38. The van der Waals surface area contributed by atoms with Gasteiger partial charge in [0.1, 0.15) is 11.9 Å². The Labute approximate surface area is 166 Å². The maximum Gasteiger partial charge on any atom is 0.192 e. The Morgan fingerprint density at radius 1 is 1.07 bits per heavy atom. The summed E-state index contributed by atoms with van der Waals surface area (Å²) in [4.78, 5) is 0. The number of aliphatic hydroxyl groups excluding tert-OH is 1. The highest BCUT2D eigenvalue weighted by Crippen LogP contribution is 2.28. The Morgan fingerprint density at radius 2 is 1.67 bits per heavy atom. The van der Waals surface area contributed by atoms with Gasteiger partial charge in [0, 0.05) is 0 Å². The number of benzene rings is 1. The fourth-order valence-corrected chi connectivity index (χ4v) is 6.21. The minimum atomic E-state index is -1.88. The summed E-state index contributed by atoms with van der Waals surface area (Å²) in [6, 6.07) is 11.0. The van der Waals surface area contributed by atoms with Crippen LogP contribution in [0.2, 0.25) is 18.1 Å². The highest BCUT2D eigenvalue weighted by Gasteiger charge is 2.37. The van der Waals surface area contributed by atoms with E-state index in [4.69, 9.17) is 13.9 Å². The molecule has 0 heterocycles. The van der Waals surface area contributed by atoms with Crippen molar-refractivity contribution in [1.82, 2.24) is 0 Å². The van der Waals surface area contributed by atoms with E-state index in [1.54, 1.807) is 13.2 Å². The molecule has 1 rings (SSSR count). The summed E-state index contributed by atoms with van der Waals surface area (Å²) in [5.41, 5.74) is 1.08. The molecular weight excluding hydrogens is 356 g/mol. The number of ether oxygens (including phenoxy) is 2. The second kappa shape index (κ2) is 12.3. The fraction of sp³-hybridized carbons (Fsp3) is 0.636. The highest BCUT2D eigenvalue weighted by molar-refractivity contribution is 6.73. The number of hydrogen-bond donors (Lipinski definition) is 1. The van der Waals surface area contributed by atoms with Gasteiger partial charge in [0.2, 0.25) is 0 Å². The van der Waals surface area contributed by atoms with Gasteiger partial charge < -0.3 is 19.0 Å². The van der Waals surface area contributed by atoms with Crippen LogP contribution in [-0.2, 0) is 15.8 Å². The third kappa shape index (κ3) is 7.07. The summed E-state index contributed by atoms with van der Waals surface area (Å²) in [7, 11) is -0.217. The Morgan fingerprint density at radius 3 is 2.11 bits per heavy atom. The third-order valence-corrected chi connectivity index (χ3v) is 10.1. The lowest BCUT2D eigenvalue weighted by Crippen LogP contribution is -2.49. The normalized spacial score (nSPS) is 15.2. The van der Waals surface area contributed by atoms with Crippen LogP contribution in [0.4, 0.5) is 0 Å². The van der Waals surface area contributed by atoms with E-state index in [9.17, 15) is 5.11 Å². The van der Waals surface area contributed by atoms with Gasteiger partial charge >= 0.3 is 0 Å². The van der Waals surface area contributed by atoms with Crippen LogP contribution in [0.1, 0.15) is 46.1 Å². The zero-order valence-electron chi connectivity index (χ0n) is 17.7. The lowest BCUT2D eigenvalue weighted by molar-refractivity contribution is -0.0791. The molecule has 0 saturated heterocycles. The molecule has 0 aromatic heterocycles. The zero-order valence-corrected chi connectivity index (χ0v) is 18.7. The average molecular weight is 395 g/mol. The Balaban J connectivity index is 2.95. The maximum absolute atomic E-state index is 10.6. The van der Waals surface area contributed by atoms with Crippen LogP contribution in [0.3, 0.4) is 0 Å². The number of methoxy groups -OCH3 is 1. The summed E-state index contributed by atoms with van der Waals surface area (Å²) >= 11 is 0. The molecule has 0 aliphatic carbocycles. The van der Waals surface area contributed by atoms with E-state index in [-0.39, 0.29) is 12.2 Å². The second-order valence-corrected chi connectivity index (χ2v) is 11.8. The monoisotopic (exact) mass is 394 g/mol. The maximum atomic E-state index is 10.6. The Hall–Kier alpha value is -1.14. The predicted molar refractivity (Wildman–Crippen MR) is 115 cm³/mol. The van der Waals surface area contributed by atoms with Crippen molar-refractivity contribution in [2.24, 2.45) is 0 Å². The molecule has 0 radical (unpaired) electrons. The number of aliphatic hydroxyl groups is 1. The molecule has 1 N–H and O–H groups in total. The largest absolute Gasteiger partial charge is 0.497 e. The quantitative estimate of drug-likeness (QED) is 0.343. The molecule has 5 heteroatoms. The van der Waals surface area contributed by atoms with Crippen LogP contribution in [0, 0.1) is 0 Å². The van der Waals surface area contributed by atoms with Gasteiger partial charge in [-0.25, -0.2) is 0 Å². The van der Waals surface area contributed by atoms with Crippen LogP contribution in [0.15, 0.2) is 36.9 Å². The van der Waals surface area contributed by atoms with E-state index in [0.717, 1.165) is 42.3 Å². The van der Waals surface area contributed by atoms with Crippen LogP contribution >= 0.6 is 0 Å². The van der Waals surface area contributed by atoms with Gasteiger partial charge in [0.15, 0.2) is 8.32 Å². The van der Waals surface area contributed by atoms with Crippen LogP contribution in [-0.4, -0.2) is 38.8 Å². The summed E-state index contributed by atoms with van der Waals surface area (Å²) in [6.45, 7) is 13.0. The molecule has 0 aliphatic heterocycles. The molecule has 0 saturated carbocycles. The zero-order chi connectivity index (χ0) is 20.3. The lowest BCUT2D eigenvalue weighted by atomic mass is 10.0. The molecule has 0 amide bonds. The first-order valence-electron chi connectivity index (χ1n) is 10.2. The first-order chi connectivity index (χ1) is 13.0. The first-order valence-corrected chi connectivity index (χ1v) is 12.7. The molecule has 0 unspecified atom stereocenters. The van der Waals surface area contributed by atoms with Crippen LogP contribution in [0.5, 0.6) is 5.75 Å². The van der Waals surface area contributed by atoms with Crippen molar-refractivity contribution in [3.63, 3.8) is 0 Å². The van der Waals surface area contributed by atoms with Crippen LogP contribution in [0.25, 0.3) is 0 Å². The van der Waals surface area contributed by atoms with E-state index in [2.05, 4.69) is 34.3 Å². The van der Waals surface area contributed by atoms with Gasteiger partial charge in [0.05, 0.1) is 25.9 Å². The molecule has 154 valence electrons. The van der Waals surface area contributed by atoms with Gasteiger partial charge in [-0.05, 0) is 42.2 Å². The topological polar surface area (TPSA) is 47.9 Å². The van der Waals surface area contributed by atoms with E-state index in [1.807, 2.05) is 24.3 Å². The number of hydrogen-bond acceptors (Lipinski definition) is 4. The molecule has 3 atom stereocenters. The molecule has 0 aliphatic rings. The third-order valence-electron chi connectivity index (χ3n) is 5.46. The Bertz CT molecular complexity index is 519. The van der Waals surface area contributed by atoms with E-state index >= 15 is 0 Å². The minimum Gasteiger partial charge on any atom is -0.497 e. The minimum absolute atomic E-state index is 0.165. The summed E-state index contributed by atoms with van der Waals surface area (Å²) in [5, 5.41) is 10.6. The number of rotatable bonds is 14. The summed E-state index contributed by atoms with van der Waals surface area (Å²) in [5.74, 6) is 0.830. The van der Waals surface area contributed by atoms with Crippen molar-refractivity contribution >= 4 is 8.32 Å². The van der Waals surface area contributed by atoms with Gasteiger partial charge in [0.25, 0.3) is 0 Å². The molecule has 0 bridgehead atoms. The summed E-state index contributed by atoms with van der Waals surface area (Å²) in [6.07, 6.45) is 2.12. The molecule has 4 nitrogen and oxygen atoms in total. The smallest absolute Gasteiger partial charge is 0.192 e. The van der Waals surface area contributed by atoms with E-state index in [1.165, 1.54) is 0 Å². The van der Waals surface area contributed by atoms with Crippen molar-refractivity contribution in [2.75, 3.05) is 7.11 Å². The van der Waals surface area contributed by atoms with Gasteiger partial charge in [-0.1, -0.05) is 52.3 Å². The standard InChI is InChI=1S/C22H38O4Si/c1-7-12-21(25-17-18-13-15-19(24-6)16-14-18)22(20(23)8-2)26-27(9-3,10-4)11-5/h8,13-16,20-23H,2,7,9-12,17H2,1,3-6H3/t20-,21+,22-/m0/s1. The average Bonchev–Trinajstić information content (AvgIpc) is 2.72. The van der Waals surface area contributed by atoms with Crippen molar-refractivity contribution < 1.29 is 19.0 Å². The molecule has 0 spiro atoms. The molecule has 27 heavy (non-hydrogen) atoms. The van der Waals surface area contributed by atoms with Crippen molar-refractivity contribution in [3.05, 3.63) is 42.5 Å². The summed E-state index contributed by atoms with van der Waals surface area (Å²) < 4.78 is 18.1. The molecular formula is C22H38O4Si. The first kappa shape index (κ1) is 23.9. The predicted octanol–water partition coefficient (Wildman–Crippen LogP) is 5.32. The Kier molecular flexibility index (Phi) is 10.9.